The van der Waals surface area contributed by atoms with Crippen molar-refractivity contribution in [3.63, 3.8) is 0 Å². The maximum atomic E-state index is 12.2. The molecule has 1 aromatic carbocycles. The maximum absolute atomic E-state index is 12.2. The molecule has 0 bridgehead atoms. The van der Waals surface area contributed by atoms with Crippen LogP contribution in [0.1, 0.15) is 19.8 Å². The van der Waals surface area contributed by atoms with E-state index in [0.717, 1.165) is 0 Å². The van der Waals surface area contributed by atoms with Crippen LogP contribution in [0.4, 0.5) is 5.69 Å². The van der Waals surface area contributed by atoms with E-state index in [-0.39, 0.29) is 5.91 Å². The highest BCUT2D eigenvalue weighted by molar-refractivity contribution is 6.32. The Bertz CT molecular complexity index is 545. The van der Waals surface area contributed by atoms with Crippen LogP contribution in [0.15, 0.2) is 18.2 Å². The average Bonchev–Trinajstić information content (AvgIpc) is 2.34. The highest BCUT2D eigenvalue weighted by Crippen LogP contribution is 2.45. The Morgan fingerprint density at radius 3 is 2.74 bits per heavy atom. The molecule has 1 aromatic rings. The van der Waals surface area contributed by atoms with E-state index < -0.39 is 5.41 Å². The van der Waals surface area contributed by atoms with Crippen LogP contribution in [0, 0.1) is 22.7 Å². The minimum absolute atomic E-state index is 0.255. The van der Waals surface area contributed by atoms with E-state index in [1.54, 1.807) is 18.2 Å². The van der Waals surface area contributed by atoms with Crippen LogP contribution in [0.5, 0.6) is 5.75 Å². The monoisotopic (exact) mass is 278 g/mol. The fourth-order valence-electron chi connectivity index (χ4n) is 2.45. The first-order chi connectivity index (χ1) is 9.00. The number of nitrogens with zero attached hydrogens (tertiary/aromatic N) is 1. The molecule has 0 radical (unpaired) electrons. The van der Waals surface area contributed by atoms with E-state index in [1.807, 2.05) is 6.92 Å². The average molecular weight is 279 g/mol. The number of amides is 1. The smallest absolute Gasteiger partial charge is 0.244 e. The molecule has 1 aliphatic rings. The molecule has 0 aromatic heterocycles. The molecule has 4 nitrogen and oxygen atoms in total. The first kappa shape index (κ1) is 13.7. The van der Waals surface area contributed by atoms with Crippen molar-refractivity contribution in [3.05, 3.63) is 23.2 Å². The molecule has 0 unspecified atom stereocenters. The van der Waals surface area contributed by atoms with Gasteiger partial charge in [-0.25, -0.2) is 0 Å². The highest BCUT2D eigenvalue weighted by atomic mass is 35.5. The summed E-state index contributed by atoms with van der Waals surface area (Å²) in [6.07, 6.45) is 1.22. The number of benzene rings is 1. The number of carbonyl (C=O) groups is 1. The summed E-state index contributed by atoms with van der Waals surface area (Å²) in [7, 11) is 1.53. The number of ether oxygens (including phenoxy) is 1. The van der Waals surface area contributed by atoms with E-state index in [2.05, 4.69) is 11.4 Å². The second-order valence-corrected chi connectivity index (χ2v) is 5.42. The van der Waals surface area contributed by atoms with Gasteiger partial charge >= 0.3 is 0 Å². The molecule has 0 heterocycles. The van der Waals surface area contributed by atoms with Crippen LogP contribution in [0.25, 0.3) is 0 Å². The van der Waals surface area contributed by atoms with E-state index in [0.29, 0.717) is 35.2 Å². The van der Waals surface area contributed by atoms with Crippen LogP contribution in [-0.2, 0) is 4.79 Å². The summed E-state index contributed by atoms with van der Waals surface area (Å²) in [5.41, 5.74) is -0.309. The minimum atomic E-state index is -0.883. The number of hydrogen-bond donors (Lipinski definition) is 1. The molecule has 1 amide bonds. The second kappa shape index (κ2) is 5.10. The zero-order valence-corrected chi connectivity index (χ0v) is 11.6. The van der Waals surface area contributed by atoms with Crippen molar-refractivity contribution in [1.29, 1.82) is 5.26 Å². The normalized spacial score (nSPS) is 25.1. The van der Waals surface area contributed by atoms with Gasteiger partial charge in [-0.2, -0.15) is 5.26 Å². The first-order valence-corrected chi connectivity index (χ1v) is 6.45. The SMILES string of the molecule is COc1ccc(NC(=O)C2(C#N)CC(C)C2)cc1Cl. The molecular weight excluding hydrogens is 264 g/mol. The van der Waals surface area contributed by atoms with Gasteiger partial charge in [0.15, 0.2) is 0 Å². The summed E-state index contributed by atoms with van der Waals surface area (Å²) in [6, 6.07) is 7.13. The summed E-state index contributed by atoms with van der Waals surface area (Å²) in [5, 5.41) is 12.4. The highest BCUT2D eigenvalue weighted by Gasteiger charge is 2.48. The Labute approximate surface area is 117 Å². The van der Waals surface area contributed by atoms with Gasteiger partial charge < -0.3 is 10.1 Å². The summed E-state index contributed by atoms with van der Waals surface area (Å²) in [5.74, 6) is 0.714. The van der Waals surface area contributed by atoms with Crippen molar-refractivity contribution < 1.29 is 9.53 Å². The van der Waals surface area contributed by atoms with Gasteiger partial charge in [-0.3, -0.25) is 4.79 Å². The van der Waals surface area contributed by atoms with Crippen molar-refractivity contribution in [2.75, 3.05) is 12.4 Å². The predicted octanol–water partition coefficient (Wildman–Crippen LogP) is 3.23. The molecule has 0 aliphatic heterocycles. The lowest BCUT2D eigenvalue weighted by Crippen LogP contribution is -2.45. The fourth-order valence-corrected chi connectivity index (χ4v) is 2.71. The molecule has 19 heavy (non-hydrogen) atoms. The van der Waals surface area contributed by atoms with Gasteiger partial charge in [0.1, 0.15) is 11.2 Å². The van der Waals surface area contributed by atoms with Crippen molar-refractivity contribution in [3.8, 4) is 11.8 Å². The van der Waals surface area contributed by atoms with Crippen LogP contribution in [0.3, 0.4) is 0 Å². The van der Waals surface area contributed by atoms with Crippen molar-refractivity contribution in [2.24, 2.45) is 11.3 Å². The molecule has 1 saturated carbocycles. The Balaban J connectivity index is 2.11. The lowest BCUT2D eigenvalue weighted by Gasteiger charge is -2.39. The molecule has 5 heteroatoms. The summed E-state index contributed by atoms with van der Waals surface area (Å²) in [6.45, 7) is 2.03. The fraction of sp³-hybridized carbons (Fsp3) is 0.429. The third-order valence-corrected chi connectivity index (χ3v) is 3.75. The van der Waals surface area contributed by atoms with Gasteiger partial charge in [0.25, 0.3) is 0 Å². The Morgan fingerprint density at radius 2 is 2.26 bits per heavy atom. The van der Waals surface area contributed by atoms with Crippen LogP contribution < -0.4 is 10.1 Å². The summed E-state index contributed by atoms with van der Waals surface area (Å²) < 4.78 is 5.04. The molecule has 0 spiro atoms. The molecular formula is C14H15ClN2O2. The van der Waals surface area contributed by atoms with E-state index >= 15 is 0 Å². The third-order valence-electron chi connectivity index (χ3n) is 3.45. The van der Waals surface area contributed by atoms with Gasteiger partial charge in [-0.15, -0.1) is 0 Å². The number of halogens is 1. The number of carbonyl (C=O) groups excluding carboxylic acids is 1. The Hall–Kier alpha value is -1.73. The van der Waals surface area contributed by atoms with Gasteiger partial charge in [0.2, 0.25) is 5.91 Å². The number of rotatable bonds is 3. The minimum Gasteiger partial charge on any atom is -0.495 e. The molecule has 1 aliphatic carbocycles. The van der Waals surface area contributed by atoms with Gasteiger partial charge in [0, 0.05) is 5.69 Å². The summed E-state index contributed by atoms with van der Waals surface area (Å²) >= 11 is 5.99. The van der Waals surface area contributed by atoms with Crippen molar-refractivity contribution >= 4 is 23.2 Å². The van der Waals surface area contributed by atoms with Crippen LogP contribution in [-0.4, -0.2) is 13.0 Å². The van der Waals surface area contributed by atoms with Crippen molar-refractivity contribution in [1.82, 2.24) is 0 Å². The van der Waals surface area contributed by atoms with Crippen LogP contribution in [0.2, 0.25) is 5.02 Å². The number of nitriles is 1. The lowest BCUT2D eigenvalue weighted by molar-refractivity contribution is -0.128. The van der Waals surface area contributed by atoms with E-state index in [4.69, 9.17) is 16.3 Å². The zero-order valence-electron chi connectivity index (χ0n) is 10.9. The van der Waals surface area contributed by atoms with Crippen LogP contribution >= 0.6 is 11.6 Å². The number of hydrogen-bond acceptors (Lipinski definition) is 3. The second-order valence-electron chi connectivity index (χ2n) is 5.01. The number of nitrogens with one attached hydrogen (secondary N) is 1. The van der Waals surface area contributed by atoms with Gasteiger partial charge in [0.05, 0.1) is 18.2 Å². The quantitative estimate of drug-likeness (QED) is 0.923. The Kier molecular flexibility index (Phi) is 3.68. The molecule has 1 fully saturated rings. The molecule has 2 rings (SSSR count). The van der Waals surface area contributed by atoms with Crippen molar-refractivity contribution in [2.45, 2.75) is 19.8 Å². The maximum Gasteiger partial charge on any atom is 0.244 e. The molecule has 100 valence electrons. The topological polar surface area (TPSA) is 62.1 Å². The number of methoxy groups -OCH3 is 1. The molecule has 0 saturated heterocycles. The van der Waals surface area contributed by atoms with Gasteiger partial charge in [-0.1, -0.05) is 18.5 Å². The largest absolute Gasteiger partial charge is 0.495 e. The standard InChI is InChI=1S/C14H15ClN2O2/c1-9-6-14(7-9,8-16)13(18)17-10-3-4-12(19-2)11(15)5-10/h3-5,9H,6-7H2,1-2H3,(H,17,18). The Morgan fingerprint density at radius 1 is 1.58 bits per heavy atom. The molecule has 0 atom stereocenters. The first-order valence-electron chi connectivity index (χ1n) is 6.07. The number of anilines is 1. The zero-order chi connectivity index (χ0) is 14.0. The lowest BCUT2D eigenvalue weighted by atomic mass is 9.63. The van der Waals surface area contributed by atoms with E-state index in [9.17, 15) is 10.1 Å². The molecule has 1 N–H and O–H groups in total. The van der Waals surface area contributed by atoms with E-state index in [1.165, 1.54) is 7.11 Å². The third kappa shape index (κ3) is 2.52. The summed E-state index contributed by atoms with van der Waals surface area (Å²) in [4.78, 5) is 12.2. The van der Waals surface area contributed by atoms with Gasteiger partial charge in [-0.05, 0) is 37.0 Å². The predicted molar refractivity (Wildman–Crippen MR) is 73.1 cm³/mol.